The number of thiazole rings is 1. The molecule has 8 heteroatoms. The van der Waals surface area contributed by atoms with Crippen LogP contribution in [0.4, 0.5) is 5.69 Å². The summed E-state index contributed by atoms with van der Waals surface area (Å²) in [6.07, 6.45) is 0. The summed E-state index contributed by atoms with van der Waals surface area (Å²) in [4.78, 5) is 4.48. The standard InChI is InChI=1S/C17H15BrN2O3S2/c1-11-19-15(10-24-11)12-6-7-16(23-2)17(8-12)25(21,22)20-14-5-3-4-13(18)9-14/h3-10,20H,1-2H3. The Morgan fingerprint density at radius 1 is 1.20 bits per heavy atom. The van der Waals surface area contributed by atoms with Crippen LogP contribution in [0.2, 0.25) is 0 Å². The molecule has 3 aromatic rings. The first-order valence-corrected chi connectivity index (χ1v) is 10.4. The highest BCUT2D eigenvalue weighted by atomic mass is 79.9. The molecule has 0 fully saturated rings. The highest BCUT2D eigenvalue weighted by Gasteiger charge is 2.21. The molecule has 0 aliphatic rings. The van der Waals surface area contributed by atoms with Gasteiger partial charge in [-0.05, 0) is 43.3 Å². The fraction of sp³-hybridized carbons (Fsp3) is 0.118. The first kappa shape index (κ1) is 17.9. The molecule has 0 spiro atoms. The molecule has 1 N–H and O–H groups in total. The average molecular weight is 439 g/mol. The molecule has 0 aliphatic carbocycles. The van der Waals surface area contributed by atoms with Crippen LogP contribution in [0.1, 0.15) is 5.01 Å². The lowest BCUT2D eigenvalue weighted by atomic mass is 10.2. The number of aryl methyl sites for hydroxylation is 1. The summed E-state index contributed by atoms with van der Waals surface area (Å²) in [5.74, 6) is 0.276. The van der Waals surface area contributed by atoms with Gasteiger partial charge in [-0.2, -0.15) is 0 Å². The highest BCUT2D eigenvalue weighted by Crippen LogP contribution is 2.32. The number of sulfonamides is 1. The molecule has 0 bridgehead atoms. The van der Waals surface area contributed by atoms with Crippen LogP contribution in [0, 0.1) is 6.92 Å². The molecular formula is C17H15BrN2O3S2. The zero-order chi connectivity index (χ0) is 18.0. The number of hydrogen-bond donors (Lipinski definition) is 1. The molecule has 0 amide bonds. The van der Waals surface area contributed by atoms with Crippen LogP contribution in [0.3, 0.4) is 0 Å². The summed E-state index contributed by atoms with van der Waals surface area (Å²) in [6, 6.07) is 12.0. The lowest BCUT2D eigenvalue weighted by Gasteiger charge is -2.13. The third-order valence-corrected chi connectivity index (χ3v) is 6.11. The van der Waals surface area contributed by atoms with Gasteiger partial charge in [-0.15, -0.1) is 11.3 Å². The Kier molecular flexibility index (Phi) is 5.12. The van der Waals surface area contributed by atoms with Gasteiger partial charge in [-0.3, -0.25) is 4.72 Å². The molecular weight excluding hydrogens is 424 g/mol. The number of nitrogens with one attached hydrogen (secondary N) is 1. The van der Waals surface area contributed by atoms with Crippen LogP contribution in [-0.4, -0.2) is 20.5 Å². The molecule has 25 heavy (non-hydrogen) atoms. The third kappa shape index (κ3) is 4.02. The van der Waals surface area contributed by atoms with Crippen LogP contribution in [0.15, 0.2) is 57.2 Å². The van der Waals surface area contributed by atoms with Crippen molar-refractivity contribution in [2.75, 3.05) is 11.8 Å². The quantitative estimate of drug-likeness (QED) is 0.626. The van der Waals surface area contributed by atoms with Gasteiger partial charge in [0.15, 0.2) is 0 Å². The topological polar surface area (TPSA) is 68.3 Å². The van der Waals surface area contributed by atoms with E-state index in [9.17, 15) is 8.42 Å². The number of hydrogen-bond acceptors (Lipinski definition) is 5. The number of halogens is 1. The maximum atomic E-state index is 12.9. The molecule has 130 valence electrons. The number of ether oxygens (including phenoxy) is 1. The highest BCUT2D eigenvalue weighted by molar-refractivity contribution is 9.10. The molecule has 3 rings (SSSR count). The van der Waals surface area contributed by atoms with E-state index in [0.29, 0.717) is 5.69 Å². The Morgan fingerprint density at radius 2 is 2.00 bits per heavy atom. The van der Waals surface area contributed by atoms with Crippen LogP contribution in [0.5, 0.6) is 5.75 Å². The van der Waals surface area contributed by atoms with Gasteiger partial charge < -0.3 is 4.74 Å². The van der Waals surface area contributed by atoms with Crippen molar-refractivity contribution in [2.45, 2.75) is 11.8 Å². The Labute approximate surface area is 158 Å². The zero-order valence-corrected chi connectivity index (χ0v) is 16.7. The van der Waals surface area contributed by atoms with Crippen molar-refractivity contribution in [3.8, 4) is 17.0 Å². The second-order valence-corrected chi connectivity index (χ2v) is 8.86. The number of rotatable bonds is 5. The van der Waals surface area contributed by atoms with Crippen molar-refractivity contribution >= 4 is 43.0 Å². The molecule has 1 heterocycles. The van der Waals surface area contributed by atoms with E-state index in [1.807, 2.05) is 18.4 Å². The molecule has 2 aromatic carbocycles. The first-order valence-electron chi connectivity index (χ1n) is 7.28. The minimum atomic E-state index is -3.82. The van der Waals surface area contributed by atoms with Gasteiger partial charge in [0.1, 0.15) is 10.6 Å². The van der Waals surface area contributed by atoms with E-state index < -0.39 is 10.0 Å². The predicted octanol–water partition coefficient (Wildman–Crippen LogP) is 4.69. The smallest absolute Gasteiger partial charge is 0.265 e. The van der Waals surface area contributed by atoms with Crippen molar-refractivity contribution in [1.82, 2.24) is 4.98 Å². The number of methoxy groups -OCH3 is 1. The Hall–Kier alpha value is -1.90. The van der Waals surface area contributed by atoms with Crippen LogP contribution < -0.4 is 9.46 Å². The minimum absolute atomic E-state index is 0.0677. The zero-order valence-electron chi connectivity index (χ0n) is 13.5. The van der Waals surface area contributed by atoms with Gasteiger partial charge in [-0.1, -0.05) is 22.0 Å². The van der Waals surface area contributed by atoms with Gasteiger partial charge in [0.25, 0.3) is 10.0 Å². The molecule has 0 atom stereocenters. The van der Waals surface area contributed by atoms with Crippen molar-refractivity contribution in [3.63, 3.8) is 0 Å². The van der Waals surface area contributed by atoms with Crippen molar-refractivity contribution in [1.29, 1.82) is 0 Å². The lowest BCUT2D eigenvalue weighted by Crippen LogP contribution is -2.14. The average Bonchev–Trinajstić information content (AvgIpc) is 3.00. The largest absolute Gasteiger partial charge is 0.495 e. The third-order valence-electron chi connectivity index (χ3n) is 3.44. The molecule has 0 aliphatic heterocycles. The van der Waals surface area contributed by atoms with E-state index >= 15 is 0 Å². The number of benzene rings is 2. The summed E-state index contributed by atoms with van der Waals surface area (Å²) in [7, 11) is -2.37. The maximum Gasteiger partial charge on any atom is 0.265 e. The molecule has 0 radical (unpaired) electrons. The van der Waals surface area contributed by atoms with Crippen molar-refractivity contribution < 1.29 is 13.2 Å². The first-order chi connectivity index (χ1) is 11.9. The second kappa shape index (κ2) is 7.15. The van der Waals surface area contributed by atoms with Crippen LogP contribution in [0.25, 0.3) is 11.3 Å². The van der Waals surface area contributed by atoms with Gasteiger partial charge in [0, 0.05) is 21.1 Å². The van der Waals surface area contributed by atoms with E-state index in [4.69, 9.17) is 4.74 Å². The molecule has 1 aromatic heterocycles. The molecule has 0 saturated carbocycles. The molecule has 5 nitrogen and oxygen atoms in total. The number of nitrogens with zero attached hydrogens (tertiary/aromatic N) is 1. The SMILES string of the molecule is COc1ccc(-c2csc(C)n2)cc1S(=O)(=O)Nc1cccc(Br)c1. The maximum absolute atomic E-state index is 12.9. The fourth-order valence-electron chi connectivity index (χ4n) is 2.30. The van der Waals surface area contributed by atoms with Gasteiger partial charge >= 0.3 is 0 Å². The number of aromatic nitrogens is 1. The van der Waals surface area contributed by atoms with E-state index in [1.165, 1.54) is 18.4 Å². The number of anilines is 1. The van der Waals surface area contributed by atoms with Crippen LogP contribution >= 0.6 is 27.3 Å². The molecule has 0 unspecified atom stereocenters. The van der Waals surface area contributed by atoms with Gasteiger partial charge in [0.2, 0.25) is 0 Å². The van der Waals surface area contributed by atoms with E-state index in [1.54, 1.807) is 36.4 Å². The van der Waals surface area contributed by atoms with Gasteiger partial charge in [0.05, 0.1) is 17.8 Å². The van der Waals surface area contributed by atoms with E-state index in [2.05, 4.69) is 25.6 Å². The summed E-state index contributed by atoms with van der Waals surface area (Å²) in [6.45, 7) is 1.91. The summed E-state index contributed by atoms with van der Waals surface area (Å²) in [5, 5.41) is 2.82. The lowest BCUT2D eigenvalue weighted by molar-refractivity contribution is 0.403. The summed E-state index contributed by atoms with van der Waals surface area (Å²) >= 11 is 4.85. The monoisotopic (exact) mass is 438 g/mol. The van der Waals surface area contributed by atoms with Crippen molar-refractivity contribution in [3.05, 3.63) is 57.3 Å². The normalized spacial score (nSPS) is 11.3. The fourth-order valence-corrected chi connectivity index (χ4v) is 4.57. The second-order valence-electron chi connectivity index (χ2n) is 5.23. The van der Waals surface area contributed by atoms with Gasteiger partial charge in [-0.25, -0.2) is 13.4 Å². The van der Waals surface area contributed by atoms with Crippen LogP contribution in [-0.2, 0) is 10.0 Å². The minimum Gasteiger partial charge on any atom is -0.495 e. The summed E-state index contributed by atoms with van der Waals surface area (Å²) < 4.78 is 34.3. The molecule has 0 saturated heterocycles. The Bertz CT molecular complexity index is 1020. The van der Waals surface area contributed by atoms with E-state index in [-0.39, 0.29) is 10.6 Å². The van der Waals surface area contributed by atoms with E-state index in [0.717, 1.165) is 20.7 Å². The Balaban J connectivity index is 2.04. The van der Waals surface area contributed by atoms with Crippen molar-refractivity contribution in [2.24, 2.45) is 0 Å². The summed E-state index contributed by atoms with van der Waals surface area (Å²) in [5.41, 5.74) is 1.93. The Morgan fingerprint density at radius 3 is 2.64 bits per heavy atom. The predicted molar refractivity (Wildman–Crippen MR) is 104 cm³/mol.